The highest BCUT2D eigenvalue weighted by Gasteiger charge is 2.25. The number of hydrogen-bond acceptors (Lipinski definition) is 2. The van der Waals surface area contributed by atoms with Crippen molar-refractivity contribution < 1.29 is 8.78 Å². The highest BCUT2D eigenvalue weighted by atomic mass is 32.1. The van der Waals surface area contributed by atoms with Crippen LogP contribution in [-0.2, 0) is 6.42 Å². The van der Waals surface area contributed by atoms with Gasteiger partial charge in [0, 0.05) is 18.3 Å². The van der Waals surface area contributed by atoms with Gasteiger partial charge in [0.25, 0.3) is 0 Å². The van der Waals surface area contributed by atoms with Crippen LogP contribution in [0.15, 0.2) is 24.3 Å². The lowest BCUT2D eigenvalue weighted by atomic mass is 10.1. The smallest absolute Gasteiger partial charge is 0.125 e. The van der Waals surface area contributed by atoms with E-state index in [0.717, 1.165) is 31.4 Å². The fraction of sp³-hybridized carbons (Fsp3) is 0.571. The third kappa shape index (κ3) is 4.25. The van der Waals surface area contributed by atoms with Crippen molar-refractivity contribution in [3.05, 3.63) is 35.6 Å². The van der Waals surface area contributed by atoms with E-state index in [4.69, 9.17) is 0 Å². The maximum atomic E-state index is 12.7. The molecule has 1 heterocycles. The Labute approximate surface area is 113 Å². The van der Waals surface area contributed by atoms with Gasteiger partial charge in [0.15, 0.2) is 0 Å². The highest BCUT2D eigenvalue weighted by Crippen LogP contribution is 2.16. The molecule has 4 heteroatoms. The summed E-state index contributed by atoms with van der Waals surface area (Å²) in [5.74, 6) is -0.195. The van der Waals surface area contributed by atoms with Crippen molar-refractivity contribution in [1.82, 2.24) is 4.90 Å². The summed E-state index contributed by atoms with van der Waals surface area (Å²) in [4.78, 5) is 2.12. The third-order valence-electron chi connectivity index (χ3n) is 3.37. The molecule has 1 nitrogen and oxygen atoms in total. The molecule has 0 amide bonds. The Bertz CT molecular complexity index is 363. The van der Waals surface area contributed by atoms with Crippen molar-refractivity contribution in [3.8, 4) is 0 Å². The van der Waals surface area contributed by atoms with E-state index in [1.807, 2.05) is 12.1 Å². The van der Waals surface area contributed by atoms with Crippen molar-refractivity contribution in [3.63, 3.8) is 0 Å². The first-order chi connectivity index (χ1) is 8.63. The van der Waals surface area contributed by atoms with Crippen molar-refractivity contribution in [2.24, 2.45) is 0 Å². The second-order valence-electron chi connectivity index (χ2n) is 4.96. The Morgan fingerprint density at radius 3 is 2.50 bits per heavy atom. The van der Waals surface area contributed by atoms with E-state index >= 15 is 0 Å². The largest absolute Gasteiger partial charge is 0.297 e. The van der Waals surface area contributed by atoms with Crippen LogP contribution in [0.2, 0.25) is 0 Å². The van der Waals surface area contributed by atoms with E-state index in [2.05, 4.69) is 17.5 Å². The van der Waals surface area contributed by atoms with Gasteiger partial charge in [-0.15, -0.1) is 0 Å². The number of benzene rings is 1. The summed E-state index contributed by atoms with van der Waals surface area (Å²) in [7, 11) is 0. The summed E-state index contributed by atoms with van der Waals surface area (Å²) >= 11 is 4.55. The molecule has 18 heavy (non-hydrogen) atoms. The predicted molar refractivity (Wildman–Crippen MR) is 73.4 cm³/mol. The fourth-order valence-electron chi connectivity index (χ4n) is 2.15. The van der Waals surface area contributed by atoms with Gasteiger partial charge in [0.05, 0.1) is 0 Å². The van der Waals surface area contributed by atoms with Crippen LogP contribution in [0.25, 0.3) is 0 Å². The molecule has 1 fully saturated rings. The molecule has 0 spiro atoms. The van der Waals surface area contributed by atoms with E-state index in [0.29, 0.717) is 18.3 Å². The number of thiol groups is 1. The topological polar surface area (TPSA) is 3.24 Å². The van der Waals surface area contributed by atoms with Gasteiger partial charge >= 0.3 is 0 Å². The van der Waals surface area contributed by atoms with E-state index in [9.17, 15) is 8.78 Å². The van der Waals surface area contributed by atoms with Crippen LogP contribution in [0, 0.1) is 5.82 Å². The van der Waals surface area contributed by atoms with Crippen LogP contribution in [0.5, 0.6) is 0 Å². The number of nitrogens with zero attached hydrogens (tertiary/aromatic N) is 1. The maximum absolute atomic E-state index is 12.7. The average molecular weight is 271 g/mol. The first-order valence-corrected chi connectivity index (χ1v) is 6.94. The first kappa shape index (κ1) is 13.8. The van der Waals surface area contributed by atoms with Crippen molar-refractivity contribution in [2.45, 2.75) is 30.7 Å². The molecule has 0 aromatic heterocycles. The van der Waals surface area contributed by atoms with Gasteiger partial charge in [0.1, 0.15) is 12.0 Å². The Hall–Kier alpha value is -0.610. The number of likely N-dealkylation sites (tertiary alicyclic amines) is 1. The van der Waals surface area contributed by atoms with E-state index in [1.54, 1.807) is 0 Å². The van der Waals surface area contributed by atoms with Gasteiger partial charge in [0.2, 0.25) is 0 Å². The first-order valence-electron chi connectivity index (χ1n) is 6.42. The summed E-state index contributed by atoms with van der Waals surface area (Å²) in [6.07, 6.45) is 2.25. The third-order valence-corrected chi connectivity index (χ3v) is 3.89. The summed E-state index contributed by atoms with van der Waals surface area (Å²) in [6.45, 7) is 2.09. The molecule has 1 aliphatic rings. The molecular weight excluding hydrogens is 252 g/mol. The second-order valence-corrected chi connectivity index (χ2v) is 5.69. The van der Waals surface area contributed by atoms with Gasteiger partial charge in [-0.2, -0.15) is 12.6 Å². The zero-order chi connectivity index (χ0) is 13.0. The van der Waals surface area contributed by atoms with Gasteiger partial charge in [-0.3, -0.25) is 4.90 Å². The Balaban J connectivity index is 1.62. The van der Waals surface area contributed by atoms with Gasteiger partial charge in [-0.05, 0) is 43.5 Å². The van der Waals surface area contributed by atoms with Gasteiger partial charge in [-0.1, -0.05) is 12.1 Å². The molecular formula is C14H19F2NS. The highest BCUT2D eigenvalue weighted by molar-refractivity contribution is 7.80. The van der Waals surface area contributed by atoms with Crippen molar-refractivity contribution in [1.29, 1.82) is 0 Å². The Kier molecular flexibility index (Phi) is 5.01. The summed E-state index contributed by atoms with van der Waals surface area (Å²) < 4.78 is 25.3. The molecule has 2 rings (SSSR count). The van der Waals surface area contributed by atoms with Crippen LogP contribution in [-0.4, -0.2) is 36.0 Å². The zero-order valence-corrected chi connectivity index (χ0v) is 11.3. The lowest BCUT2D eigenvalue weighted by Crippen LogP contribution is -2.48. The maximum Gasteiger partial charge on any atom is 0.125 e. The van der Waals surface area contributed by atoms with Crippen LogP contribution in [0.3, 0.4) is 0 Å². The Morgan fingerprint density at radius 2 is 1.89 bits per heavy atom. The molecule has 0 N–H and O–H groups in total. The number of alkyl halides is 1. The van der Waals surface area contributed by atoms with Crippen molar-refractivity contribution in [2.75, 3.05) is 19.6 Å². The van der Waals surface area contributed by atoms with Crippen LogP contribution in [0.4, 0.5) is 8.78 Å². The molecule has 0 saturated carbocycles. The minimum absolute atomic E-state index is 0.195. The van der Waals surface area contributed by atoms with E-state index in [-0.39, 0.29) is 5.82 Å². The number of halogens is 2. The molecule has 0 bridgehead atoms. The molecule has 0 radical (unpaired) electrons. The molecule has 1 aromatic carbocycles. The second kappa shape index (κ2) is 6.53. The van der Waals surface area contributed by atoms with Crippen molar-refractivity contribution >= 4 is 12.6 Å². The lowest BCUT2D eigenvalue weighted by molar-refractivity contribution is 0.0647. The predicted octanol–water partition coefficient (Wildman–Crippen LogP) is 3.10. The minimum atomic E-state index is -0.623. The summed E-state index contributed by atoms with van der Waals surface area (Å²) in [5, 5.41) is 0.328. The number of aryl methyl sites for hydroxylation is 1. The van der Waals surface area contributed by atoms with Gasteiger partial charge < -0.3 is 0 Å². The average Bonchev–Trinajstić information content (AvgIpc) is 2.32. The Morgan fingerprint density at radius 1 is 1.22 bits per heavy atom. The number of rotatable bonds is 6. The quantitative estimate of drug-likeness (QED) is 0.778. The normalized spacial score (nSPS) is 18.6. The lowest BCUT2D eigenvalue weighted by Gasteiger charge is -2.34. The molecule has 100 valence electrons. The van der Waals surface area contributed by atoms with Crippen LogP contribution in [0.1, 0.15) is 18.4 Å². The monoisotopic (exact) mass is 271 g/mol. The molecule has 1 aliphatic heterocycles. The summed E-state index contributed by atoms with van der Waals surface area (Å²) in [5.41, 5.74) is 1.14. The molecule has 1 aromatic rings. The zero-order valence-electron chi connectivity index (χ0n) is 10.4. The summed E-state index contributed by atoms with van der Waals surface area (Å²) in [6, 6.07) is 6.62. The molecule has 1 atom stereocenters. The molecule has 0 unspecified atom stereocenters. The minimum Gasteiger partial charge on any atom is -0.297 e. The molecule has 0 aliphatic carbocycles. The van der Waals surface area contributed by atoms with Crippen LogP contribution >= 0.6 is 12.6 Å². The SMILES string of the molecule is Fc1ccc(CC[C@H](S)CCN2CC(F)C2)cc1. The number of hydrogen-bond donors (Lipinski definition) is 1. The van der Waals surface area contributed by atoms with E-state index in [1.165, 1.54) is 12.1 Å². The fourth-order valence-corrected chi connectivity index (χ4v) is 2.39. The molecule has 1 saturated heterocycles. The van der Waals surface area contributed by atoms with Crippen LogP contribution < -0.4 is 0 Å². The van der Waals surface area contributed by atoms with E-state index < -0.39 is 6.17 Å². The standard InChI is InChI=1S/C14H19F2NS/c15-12-4-1-11(2-5-12)3-6-14(18)7-8-17-9-13(16)10-17/h1-2,4-5,13-14,18H,3,6-10H2/t14-/m0/s1. The van der Waals surface area contributed by atoms with Gasteiger partial charge in [-0.25, -0.2) is 8.78 Å².